The summed E-state index contributed by atoms with van der Waals surface area (Å²) in [7, 11) is 0. The molecule has 2 heterocycles. The molecule has 1 N–H and O–H groups in total. The van der Waals surface area contributed by atoms with Gasteiger partial charge in [-0.2, -0.15) is 0 Å². The highest BCUT2D eigenvalue weighted by Gasteiger charge is 2.18. The number of likely N-dealkylation sites (tertiary alicyclic amines) is 1. The Balaban J connectivity index is 1.86. The molecular weight excluding hydrogens is 266 g/mol. The van der Waals surface area contributed by atoms with Crippen molar-refractivity contribution in [3.8, 4) is 0 Å². The van der Waals surface area contributed by atoms with Crippen LogP contribution in [0.25, 0.3) is 0 Å². The van der Waals surface area contributed by atoms with E-state index in [1.807, 2.05) is 0 Å². The Morgan fingerprint density at radius 3 is 2.74 bits per heavy atom. The summed E-state index contributed by atoms with van der Waals surface area (Å²) < 4.78 is 0. The Labute approximate surface area is 117 Å². The third-order valence-electron chi connectivity index (χ3n) is 3.12. The van der Waals surface area contributed by atoms with Crippen LogP contribution in [0.5, 0.6) is 0 Å². The van der Waals surface area contributed by atoms with Crippen LogP contribution in [-0.2, 0) is 4.79 Å². The van der Waals surface area contributed by atoms with E-state index in [0.29, 0.717) is 5.02 Å². The van der Waals surface area contributed by atoms with Crippen molar-refractivity contribution in [3.05, 3.63) is 29.0 Å². The molecule has 19 heavy (non-hydrogen) atoms. The number of carbonyl (C=O) groups excluding carboxylic acids is 2. The summed E-state index contributed by atoms with van der Waals surface area (Å²) in [6, 6.07) is 1.54. The second kappa shape index (κ2) is 6.52. The Morgan fingerprint density at radius 2 is 2.05 bits per heavy atom. The predicted molar refractivity (Wildman–Crippen MR) is 72.0 cm³/mol. The molecule has 1 aliphatic heterocycles. The van der Waals surface area contributed by atoms with E-state index in [-0.39, 0.29) is 23.9 Å². The SMILES string of the molecule is O=C(NCC(=O)N1CCCCC1)c1cnccc1Cl. The fourth-order valence-corrected chi connectivity index (χ4v) is 2.24. The zero-order valence-corrected chi connectivity index (χ0v) is 11.3. The predicted octanol–water partition coefficient (Wildman–Crippen LogP) is 1.48. The molecule has 0 aromatic carbocycles. The molecule has 1 aromatic heterocycles. The van der Waals surface area contributed by atoms with Crippen molar-refractivity contribution in [2.45, 2.75) is 19.3 Å². The summed E-state index contributed by atoms with van der Waals surface area (Å²) in [5.74, 6) is -0.420. The summed E-state index contributed by atoms with van der Waals surface area (Å²) in [5.41, 5.74) is 0.288. The molecule has 1 aromatic rings. The number of piperidine rings is 1. The summed E-state index contributed by atoms with van der Waals surface area (Å²) in [6.45, 7) is 1.56. The van der Waals surface area contributed by atoms with Crippen molar-refractivity contribution in [1.82, 2.24) is 15.2 Å². The van der Waals surface area contributed by atoms with Crippen molar-refractivity contribution >= 4 is 23.4 Å². The Hall–Kier alpha value is -1.62. The van der Waals surface area contributed by atoms with E-state index in [1.54, 1.807) is 11.0 Å². The molecule has 0 spiro atoms. The van der Waals surface area contributed by atoms with E-state index in [9.17, 15) is 9.59 Å². The van der Waals surface area contributed by atoms with Crippen molar-refractivity contribution in [1.29, 1.82) is 0 Å². The first kappa shape index (κ1) is 13.8. The van der Waals surface area contributed by atoms with Crippen LogP contribution in [0.4, 0.5) is 0 Å². The smallest absolute Gasteiger partial charge is 0.254 e. The van der Waals surface area contributed by atoms with Crippen LogP contribution in [0, 0.1) is 0 Å². The highest BCUT2D eigenvalue weighted by Crippen LogP contribution is 2.13. The van der Waals surface area contributed by atoms with E-state index in [2.05, 4.69) is 10.3 Å². The van der Waals surface area contributed by atoms with Crippen LogP contribution >= 0.6 is 11.6 Å². The molecule has 2 amide bonds. The minimum atomic E-state index is -0.372. The van der Waals surface area contributed by atoms with Crippen LogP contribution in [0.15, 0.2) is 18.5 Å². The lowest BCUT2D eigenvalue weighted by Gasteiger charge is -2.26. The minimum absolute atomic E-state index is 0.00402. The van der Waals surface area contributed by atoms with Gasteiger partial charge in [0.25, 0.3) is 5.91 Å². The zero-order valence-electron chi connectivity index (χ0n) is 10.6. The topological polar surface area (TPSA) is 62.3 Å². The molecule has 0 bridgehead atoms. The molecule has 2 rings (SSSR count). The third kappa shape index (κ3) is 3.67. The van der Waals surface area contributed by atoms with Gasteiger partial charge in [0.15, 0.2) is 0 Å². The van der Waals surface area contributed by atoms with E-state index < -0.39 is 0 Å². The molecule has 1 aliphatic rings. The van der Waals surface area contributed by atoms with Crippen molar-refractivity contribution in [3.63, 3.8) is 0 Å². The maximum absolute atomic E-state index is 11.9. The van der Waals surface area contributed by atoms with Gasteiger partial charge in [-0.15, -0.1) is 0 Å². The molecule has 0 saturated carbocycles. The molecule has 0 aliphatic carbocycles. The first-order valence-electron chi connectivity index (χ1n) is 6.34. The van der Waals surface area contributed by atoms with Gasteiger partial charge in [0.05, 0.1) is 17.1 Å². The van der Waals surface area contributed by atoms with Gasteiger partial charge in [-0.25, -0.2) is 0 Å². The molecule has 102 valence electrons. The summed E-state index contributed by atoms with van der Waals surface area (Å²) >= 11 is 5.89. The number of nitrogens with zero attached hydrogens (tertiary/aromatic N) is 2. The van der Waals surface area contributed by atoms with Gasteiger partial charge in [-0.3, -0.25) is 14.6 Å². The lowest BCUT2D eigenvalue weighted by atomic mass is 10.1. The molecule has 0 unspecified atom stereocenters. The quantitative estimate of drug-likeness (QED) is 0.913. The van der Waals surface area contributed by atoms with Crippen LogP contribution in [-0.4, -0.2) is 41.3 Å². The van der Waals surface area contributed by atoms with Crippen molar-refractivity contribution in [2.75, 3.05) is 19.6 Å². The van der Waals surface area contributed by atoms with Gasteiger partial charge in [-0.05, 0) is 25.3 Å². The van der Waals surface area contributed by atoms with Gasteiger partial charge in [0.2, 0.25) is 5.91 Å². The Bertz CT molecular complexity index is 473. The van der Waals surface area contributed by atoms with Crippen LogP contribution < -0.4 is 5.32 Å². The molecular formula is C13H16ClN3O2. The van der Waals surface area contributed by atoms with Gasteiger partial charge >= 0.3 is 0 Å². The average Bonchev–Trinajstić information content (AvgIpc) is 2.46. The fraction of sp³-hybridized carbons (Fsp3) is 0.462. The molecule has 6 heteroatoms. The molecule has 1 fully saturated rings. The normalized spacial score (nSPS) is 15.1. The molecule has 0 radical (unpaired) electrons. The van der Waals surface area contributed by atoms with Crippen molar-refractivity contribution < 1.29 is 9.59 Å². The van der Waals surface area contributed by atoms with Crippen LogP contribution in [0.2, 0.25) is 5.02 Å². The summed E-state index contributed by atoms with van der Waals surface area (Å²) in [5, 5.41) is 2.91. The lowest BCUT2D eigenvalue weighted by molar-refractivity contribution is -0.130. The average molecular weight is 282 g/mol. The number of pyridine rings is 1. The standard InChI is InChI=1S/C13H16ClN3O2/c14-11-4-5-15-8-10(11)13(19)16-9-12(18)17-6-2-1-3-7-17/h4-5,8H,1-3,6-7,9H2,(H,16,19). The van der Waals surface area contributed by atoms with E-state index in [4.69, 9.17) is 11.6 Å². The highest BCUT2D eigenvalue weighted by molar-refractivity contribution is 6.33. The monoisotopic (exact) mass is 281 g/mol. The number of hydrogen-bond acceptors (Lipinski definition) is 3. The van der Waals surface area contributed by atoms with Crippen LogP contribution in [0.3, 0.4) is 0 Å². The summed E-state index contributed by atoms with van der Waals surface area (Å²) in [6.07, 6.45) is 6.14. The molecule has 1 saturated heterocycles. The number of amides is 2. The maximum Gasteiger partial charge on any atom is 0.254 e. The number of hydrogen-bond donors (Lipinski definition) is 1. The van der Waals surface area contributed by atoms with E-state index >= 15 is 0 Å². The van der Waals surface area contributed by atoms with Crippen LogP contribution in [0.1, 0.15) is 29.6 Å². The second-order valence-electron chi connectivity index (χ2n) is 4.48. The highest BCUT2D eigenvalue weighted by atomic mass is 35.5. The van der Waals surface area contributed by atoms with Gasteiger partial charge in [0.1, 0.15) is 0 Å². The fourth-order valence-electron chi connectivity index (χ4n) is 2.05. The number of aromatic nitrogens is 1. The van der Waals surface area contributed by atoms with Gasteiger partial charge < -0.3 is 10.2 Å². The number of carbonyl (C=O) groups is 2. The zero-order chi connectivity index (χ0) is 13.7. The summed E-state index contributed by atoms with van der Waals surface area (Å²) in [4.78, 5) is 29.4. The number of rotatable bonds is 3. The minimum Gasteiger partial charge on any atom is -0.343 e. The molecule has 0 atom stereocenters. The third-order valence-corrected chi connectivity index (χ3v) is 3.45. The van der Waals surface area contributed by atoms with Crippen molar-refractivity contribution in [2.24, 2.45) is 0 Å². The number of halogens is 1. The molecule has 5 nitrogen and oxygen atoms in total. The largest absolute Gasteiger partial charge is 0.343 e. The van der Waals surface area contributed by atoms with Gasteiger partial charge in [0, 0.05) is 25.5 Å². The Morgan fingerprint density at radius 1 is 1.32 bits per heavy atom. The second-order valence-corrected chi connectivity index (χ2v) is 4.89. The Kier molecular flexibility index (Phi) is 4.74. The van der Waals surface area contributed by atoms with Gasteiger partial charge in [-0.1, -0.05) is 11.6 Å². The lowest BCUT2D eigenvalue weighted by Crippen LogP contribution is -2.42. The first-order valence-corrected chi connectivity index (χ1v) is 6.72. The van der Waals surface area contributed by atoms with E-state index in [0.717, 1.165) is 25.9 Å². The maximum atomic E-state index is 11.9. The van der Waals surface area contributed by atoms with E-state index in [1.165, 1.54) is 18.8 Å². The first-order chi connectivity index (χ1) is 9.18. The number of nitrogens with one attached hydrogen (secondary N) is 1.